The summed E-state index contributed by atoms with van der Waals surface area (Å²) in [5, 5.41) is 4.29. The first kappa shape index (κ1) is 16.0. The van der Waals surface area contributed by atoms with Crippen molar-refractivity contribution in [1.29, 1.82) is 0 Å². The maximum absolute atomic E-state index is 5.64. The molecule has 1 N–H and O–H groups in total. The molecule has 0 bridgehead atoms. The van der Waals surface area contributed by atoms with Crippen LogP contribution in [0.3, 0.4) is 0 Å². The van der Waals surface area contributed by atoms with Gasteiger partial charge in [0.2, 0.25) is 0 Å². The van der Waals surface area contributed by atoms with E-state index in [1.54, 1.807) is 0 Å². The van der Waals surface area contributed by atoms with Crippen molar-refractivity contribution in [3.63, 3.8) is 0 Å². The van der Waals surface area contributed by atoms with Crippen LogP contribution in [0.1, 0.15) is 36.0 Å². The highest BCUT2D eigenvalue weighted by atomic mass is 32.1. The highest BCUT2D eigenvalue weighted by molar-refractivity contribution is 7.80. The summed E-state index contributed by atoms with van der Waals surface area (Å²) >= 11 is 5.64. The Labute approximate surface area is 144 Å². The lowest BCUT2D eigenvalue weighted by Gasteiger charge is -2.22. The van der Waals surface area contributed by atoms with Crippen molar-refractivity contribution in [2.24, 2.45) is 0 Å². The number of benzene rings is 2. The van der Waals surface area contributed by atoms with E-state index in [9.17, 15) is 0 Å². The van der Waals surface area contributed by atoms with Gasteiger partial charge in [-0.25, -0.2) is 0 Å². The van der Waals surface area contributed by atoms with Crippen LogP contribution in [0, 0.1) is 6.92 Å². The zero-order valence-corrected chi connectivity index (χ0v) is 14.7. The lowest BCUT2D eigenvalue weighted by atomic mass is 9.98. The van der Waals surface area contributed by atoms with Crippen LogP contribution in [-0.2, 0) is 6.42 Å². The van der Waals surface area contributed by atoms with Crippen molar-refractivity contribution < 1.29 is 0 Å². The number of thiocarbonyl (C=S) groups is 1. The molecule has 23 heavy (non-hydrogen) atoms. The van der Waals surface area contributed by atoms with E-state index in [4.69, 9.17) is 12.2 Å². The largest absolute Gasteiger partial charge is 0.348 e. The highest BCUT2D eigenvalue weighted by Crippen LogP contribution is 2.28. The molecule has 3 rings (SSSR count). The summed E-state index contributed by atoms with van der Waals surface area (Å²) in [5.74, 6) is 0.580. The monoisotopic (exact) mass is 324 g/mol. The summed E-state index contributed by atoms with van der Waals surface area (Å²) in [7, 11) is 0. The van der Waals surface area contributed by atoms with Crippen molar-refractivity contribution >= 4 is 23.0 Å². The van der Waals surface area contributed by atoms with Gasteiger partial charge in [-0.3, -0.25) is 0 Å². The first-order valence-electron chi connectivity index (χ1n) is 8.37. The summed E-state index contributed by atoms with van der Waals surface area (Å²) in [5.41, 5.74) is 5.19. The van der Waals surface area contributed by atoms with Crippen molar-refractivity contribution in [1.82, 2.24) is 4.90 Å². The van der Waals surface area contributed by atoms with E-state index in [-0.39, 0.29) is 0 Å². The Hall–Kier alpha value is -1.87. The number of nitrogens with one attached hydrogen (secondary N) is 1. The maximum atomic E-state index is 5.64. The first-order valence-corrected chi connectivity index (χ1v) is 8.78. The number of anilines is 1. The van der Waals surface area contributed by atoms with Gasteiger partial charge in [0.15, 0.2) is 5.11 Å². The maximum Gasteiger partial charge on any atom is 0.173 e. The number of hydrogen-bond acceptors (Lipinski definition) is 1. The van der Waals surface area contributed by atoms with Crippen LogP contribution >= 0.6 is 12.2 Å². The van der Waals surface area contributed by atoms with Crippen molar-refractivity contribution in [3.8, 4) is 0 Å². The van der Waals surface area contributed by atoms with Crippen LogP contribution in [0.5, 0.6) is 0 Å². The van der Waals surface area contributed by atoms with Gasteiger partial charge in [-0.2, -0.15) is 0 Å². The molecule has 1 aliphatic rings. The zero-order chi connectivity index (χ0) is 16.2. The van der Waals surface area contributed by atoms with E-state index >= 15 is 0 Å². The van der Waals surface area contributed by atoms with E-state index in [1.807, 2.05) is 0 Å². The van der Waals surface area contributed by atoms with Gasteiger partial charge >= 0.3 is 0 Å². The summed E-state index contributed by atoms with van der Waals surface area (Å²) in [6.45, 7) is 6.34. The second-order valence-corrected chi connectivity index (χ2v) is 6.67. The van der Waals surface area contributed by atoms with E-state index in [0.717, 1.165) is 30.3 Å². The molecule has 3 heteroatoms. The minimum Gasteiger partial charge on any atom is -0.348 e. The van der Waals surface area contributed by atoms with Crippen molar-refractivity contribution in [2.45, 2.75) is 32.6 Å². The Bertz CT molecular complexity index is 678. The fraction of sp³-hybridized carbons (Fsp3) is 0.350. The molecule has 120 valence electrons. The second-order valence-electron chi connectivity index (χ2n) is 6.28. The third-order valence-corrected chi connectivity index (χ3v) is 5.02. The van der Waals surface area contributed by atoms with E-state index < -0.39 is 0 Å². The predicted octanol–water partition coefficient (Wildman–Crippen LogP) is 4.74. The third-order valence-electron chi connectivity index (χ3n) is 4.66. The topological polar surface area (TPSA) is 15.3 Å². The number of rotatable bonds is 3. The molecule has 0 aliphatic carbocycles. The van der Waals surface area contributed by atoms with Gasteiger partial charge < -0.3 is 10.2 Å². The highest BCUT2D eigenvalue weighted by Gasteiger charge is 2.25. The minimum atomic E-state index is 0.580. The fourth-order valence-electron chi connectivity index (χ4n) is 3.20. The molecule has 1 fully saturated rings. The van der Waals surface area contributed by atoms with Crippen LogP contribution in [-0.4, -0.2) is 23.1 Å². The Morgan fingerprint density at radius 1 is 1.17 bits per heavy atom. The molecule has 0 aromatic heterocycles. The average Bonchev–Trinajstić information content (AvgIpc) is 3.06. The van der Waals surface area contributed by atoms with Crippen LogP contribution in [0.15, 0.2) is 48.5 Å². The van der Waals surface area contributed by atoms with Gasteiger partial charge in [0.05, 0.1) is 0 Å². The molecular formula is C20H24N2S. The van der Waals surface area contributed by atoms with Crippen LogP contribution < -0.4 is 5.32 Å². The Balaban J connectivity index is 1.64. The van der Waals surface area contributed by atoms with E-state index in [0.29, 0.717) is 5.92 Å². The van der Waals surface area contributed by atoms with Crippen LogP contribution in [0.25, 0.3) is 0 Å². The molecule has 1 heterocycles. The first-order chi connectivity index (χ1) is 11.2. The van der Waals surface area contributed by atoms with Gasteiger partial charge in [0.25, 0.3) is 0 Å². The Morgan fingerprint density at radius 3 is 2.65 bits per heavy atom. The van der Waals surface area contributed by atoms with Crippen molar-refractivity contribution in [3.05, 3.63) is 65.2 Å². The van der Waals surface area contributed by atoms with Crippen LogP contribution in [0.4, 0.5) is 5.69 Å². The summed E-state index contributed by atoms with van der Waals surface area (Å²) in [6, 6.07) is 17.3. The molecule has 1 atom stereocenters. The number of aryl methyl sites for hydroxylation is 2. The number of likely N-dealkylation sites (tertiary alicyclic amines) is 1. The molecule has 2 aromatic carbocycles. The summed E-state index contributed by atoms with van der Waals surface area (Å²) in [6.07, 6.45) is 2.18. The minimum absolute atomic E-state index is 0.580. The van der Waals surface area contributed by atoms with Gasteiger partial charge in [0.1, 0.15) is 0 Å². The lowest BCUT2D eigenvalue weighted by molar-refractivity contribution is 0.518. The van der Waals surface area contributed by atoms with E-state index in [1.165, 1.54) is 23.1 Å². The molecule has 1 aliphatic heterocycles. The molecule has 0 radical (unpaired) electrons. The number of nitrogens with zero attached hydrogens (tertiary/aromatic N) is 1. The van der Waals surface area contributed by atoms with Crippen molar-refractivity contribution in [2.75, 3.05) is 18.4 Å². The molecule has 0 unspecified atom stereocenters. The SMILES string of the molecule is CCc1ccccc1NC(=S)N1CC[C@@H](c2ccc(C)cc2)C1. The van der Waals surface area contributed by atoms with Gasteiger partial charge in [-0.05, 0) is 49.2 Å². The van der Waals surface area contributed by atoms with Gasteiger partial charge in [-0.15, -0.1) is 0 Å². The molecule has 0 saturated carbocycles. The second kappa shape index (κ2) is 7.14. The number of hydrogen-bond donors (Lipinski definition) is 1. The fourth-order valence-corrected chi connectivity index (χ4v) is 3.48. The summed E-state index contributed by atoms with van der Waals surface area (Å²) < 4.78 is 0. The normalized spacial score (nSPS) is 17.3. The molecular weight excluding hydrogens is 300 g/mol. The zero-order valence-electron chi connectivity index (χ0n) is 13.9. The Morgan fingerprint density at radius 2 is 1.91 bits per heavy atom. The van der Waals surface area contributed by atoms with Crippen LogP contribution in [0.2, 0.25) is 0 Å². The molecule has 2 aromatic rings. The molecule has 1 saturated heterocycles. The van der Waals surface area contributed by atoms with Gasteiger partial charge in [-0.1, -0.05) is 55.0 Å². The summed E-state index contributed by atoms with van der Waals surface area (Å²) in [4.78, 5) is 2.30. The Kier molecular flexibility index (Phi) is 4.97. The smallest absolute Gasteiger partial charge is 0.173 e. The quantitative estimate of drug-likeness (QED) is 0.821. The van der Waals surface area contributed by atoms with E-state index in [2.05, 4.69) is 72.6 Å². The average molecular weight is 324 g/mol. The number of para-hydroxylation sites is 1. The lowest BCUT2D eigenvalue weighted by Crippen LogP contribution is -2.32. The molecule has 2 nitrogen and oxygen atoms in total. The third kappa shape index (κ3) is 3.73. The van der Waals surface area contributed by atoms with Gasteiger partial charge in [0, 0.05) is 24.7 Å². The molecule has 0 amide bonds. The molecule has 0 spiro atoms. The standard InChI is InChI=1S/C20H24N2S/c1-3-16-6-4-5-7-19(16)21-20(23)22-13-12-18(14-22)17-10-8-15(2)9-11-17/h4-11,18H,3,12-14H2,1-2H3,(H,21,23)/t18-/m1/s1. The predicted molar refractivity (Wildman–Crippen MR) is 102 cm³/mol.